The molecular formula is C21H21N3O6. The molecule has 0 saturated carbocycles. The first-order valence-corrected chi connectivity index (χ1v) is 9.25. The number of phenolic OH excluding ortho intramolecular Hbond substituents is 1. The number of nitrogens with one attached hydrogen (secondary N) is 2. The zero-order valence-corrected chi connectivity index (χ0v) is 16.3. The normalized spacial score (nSPS) is 18.1. The number of hydrogen-bond acceptors (Lipinski definition) is 6. The predicted molar refractivity (Wildman–Crippen MR) is 105 cm³/mol. The number of hydrogen-bond donors (Lipinski definition) is 3. The number of aromatic hydroxyl groups is 1. The Bertz CT molecular complexity index is 978. The third-order valence-corrected chi connectivity index (χ3v) is 4.67. The van der Waals surface area contributed by atoms with Gasteiger partial charge in [-0.25, -0.2) is 9.59 Å². The molecule has 1 aliphatic rings. The van der Waals surface area contributed by atoms with Gasteiger partial charge in [0.05, 0.1) is 5.56 Å². The van der Waals surface area contributed by atoms with Gasteiger partial charge in [-0.15, -0.1) is 0 Å². The van der Waals surface area contributed by atoms with E-state index in [0.29, 0.717) is 17.9 Å². The summed E-state index contributed by atoms with van der Waals surface area (Å²) in [5, 5.41) is 12.6. The number of rotatable bonds is 7. The van der Waals surface area contributed by atoms with Crippen LogP contribution in [-0.4, -0.2) is 46.1 Å². The molecule has 0 bridgehead atoms. The fraction of sp³-hybridized carbons (Fsp3) is 0.238. The minimum atomic E-state index is -1.17. The van der Waals surface area contributed by atoms with Crippen molar-refractivity contribution < 1.29 is 29.0 Å². The number of esters is 1. The van der Waals surface area contributed by atoms with Gasteiger partial charge in [0.25, 0.3) is 11.8 Å². The SMILES string of the molecule is C[C@@]1(CCc2ccccc2)NC(=O)N(NC(=O)COC(=O)c2cccc(O)c2)C1=O. The van der Waals surface area contributed by atoms with Gasteiger partial charge in [-0.3, -0.25) is 15.0 Å². The maximum atomic E-state index is 12.7. The van der Waals surface area contributed by atoms with Crippen LogP contribution in [0.1, 0.15) is 29.3 Å². The molecule has 0 unspecified atom stereocenters. The van der Waals surface area contributed by atoms with E-state index in [1.54, 1.807) is 6.92 Å². The highest BCUT2D eigenvalue weighted by atomic mass is 16.5. The van der Waals surface area contributed by atoms with Gasteiger partial charge in [-0.1, -0.05) is 36.4 Å². The lowest BCUT2D eigenvalue weighted by Crippen LogP contribution is -2.50. The number of carbonyl (C=O) groups excluding carboxylic acids is 4. The Balaban J connectivity index is 1.54. The fourth-order valence-corrected chi connectivity index (χ4v) is 3.00. The summed E-state index contributed by atoms with van der Waals surface area (Å²) >= 11 is 0. The molecule has 0 aliphatic carbocycles. The molecule has 1 saturated heterocycles. The number of aryl methyl sites for hydroxylation is 1. The predicted octanol–water partition coefficient (Wildman–Crippen LogP) is 1.52. The summed E-state index contributed by atoms with van der Waals surface area (Å²) in [6, 6.07) is 14.2. The first kappa shape index (κ1) is 20.8. The first-order valence-electron chi connectivity index (χ1n) is 9.25. The minimum Gasteiger partial charge on any atom is -0.508 e. The van der Waals surface area contributed by atoms with Crippen LogP contribution in [-0.2, 0) is 20.7 Å². The van der Waals surface area contributed by atoms with Crippen molar-refractivity contribution in [1.29, 1.82) is 0 Å². The van der Waals surface area contributed by atoms with Crippen LogP contribution >= 0.6 is 0 Å². The molecule has 0 spiro atoms. The second-order valence-corrected chi connectivity index (χ2v) is 7.05. The van der Waals surface area contributed by atoms with Crippen LogP contribution in [0, 0.1) is 0 Å². The Morgan fingerprint density at radius 2 is 1.87 bits per heavy atom. The van der Waals surface area contributed by atoms with Gasteiger partial charge < -0.3 is 15.2 Å². The fourth-order valence-electron chi connectivity index (χ4n) is 3.00. The van der Waals surface area contributed by atoms with Crippen LogP contribution in [0.4, 0.5) is 4.79 Å². The number of imide groups is 1. The topological polar surface area (TPSA) is 125 Å². The van der Waals surface area contributed by atoms with Crippen molar-refractivity contribution in [3.8, 4) is 5.75 Å². The molecule has 1 heterocycles. The maximum Gasteiger partial charge on any atom is 0.344 e. The second kappa shape index (κ2) is 8.64. The second-order valence-electron chi connectivity index (χ2n) is 7.05. The van der Waals surface area contributed by atoms with Crippen molar-refractivity contribution in [1.82, 2.24) is 15.8 Å². The van der Waals surface area contributed by atoms with Crippen LogP contribution in [0.5, 0.6) is 5.75 Å². The summed E-state index contributed by atoms with van der Waals surface area (Å²) < 4.78 is 4.85. The number of phenols is 1. The van der Waals surface area contributed by atoms with Crippen LogP contribution in [0.25, 0.3) is 0 Å². The Labute approximate surface area is 172 Å². The summed E-state index contributed by atoms with van der Waals surface area (Å²) in [5.41, 5.74) is 2.07. The molecule has 0 radical (unpaired) electrons. The lowest BCUT2D eigenvalue weighted by atomic mass is 9.93. The van der Waals surface area contributed by atoms with E-state index in [4.69, 9.17) is 4.74 Å². The lowest BCUT2D eigenvalue weighted by molar-refractivity contribution is -0.140. The molecule has 30 heavy (non-hydrogen) atoms. The van der Waals surface area contributed by atoms with Crippen molar-refractivity contribution in [2.24, 2.45) is 0 Å². The summed E-state index contributed by atoms with van der Waals surface area (Å²) in [6.07, 6.45) is 0.910. The van der Waals surface area contributed by atoms with Crippen molar-refractivity contribution in [3.63, 3.8) is 0 Å². The van der Waals surface area contributed by atoms with Crippen LogP contribution < -0.4 is 10.7 Å². The van der Waals surface area contributed by atoms with E-state index in [1.165, 1.54) is 24.3 Å². The van der Waals surface area contributed by atoms with Gasteiger partial charge in [0.1, 0.15) is 11.3 Å². The number of benzene rings is 2. The third kappa shape index (κ3) is 4.75. The number of nitrogens with zero attached hydrogens (tertiary/aromatic N) is 1. The average Bonchev–Trinajstić information content (AvgIpc) is 2.94. The average molecular weight is 411 g/mol. The summed E-state index contributed by atoms with van der Waals surface area (Å²) in [5.74, 6) is -2.40. The molecule has 1 fully saturated rings. The largest absolute Gasteiger partial charge is 0.508 e. The zero-order valence-electron chi connectivity index (χ0n) is 16.3. The Morgan fingerprint density at radius 1 is 1.13 bits per heavy atom. The molecule has 1 aliphatic heterocycles. The van der Waals surface area contributed by atoms with Crippen LogP contribution in [0.15, 0.2) is 54.6 Å². The van der Waals surface area contributed by atoms with Gasteiger partial charge in [0.2, 0.25) is 0 Å². The number of urea groups is 1. The quantitative estimate of drug-likeness (QED) is 0.469. The summed E-state index contributed by atoms with van der Waals surface area (Å²) in [7, 11) is 0. The van der Waals surface area contributed by atoms with E-state index in [-0.39, 0.29) is 11.3 Å². The van der Waals surface area contributed by atoms with E-state index in [0.717, 1.165) is 5.56 Å². The standard InChI is InChI=1S/C21H21N3O6/c1-21(11-10-14-6-3-2-4-7-14)19(28)24(20(29)22-21)23-17(26)13-30-18(27)15-8-5-9-16(25)12-15/h2-9,12,25H,10-11,13H2,1H3,(H,22,29)(H,23,26)/t21-/m0/s1. The van der Waals surface area contributed by atoms with Gasteiger partial charge in [0.15, 0.2) is 6.61 Å². The van der Waals surface area contributed by atoms with E-state index < -0.39 is 36.0 Å². The Kier molecular flexibility index (Phi) is 6.01. The summed E-state index contributed by atoms with van der Waals surface area (Å²) in [4.78, 5) is 48.9. The number of ether oxygens (including phenoxy) is 1. The maximum absolute atomic E-state index is 12.7. The summed E-state index contributed by atoms with van der Waals surface area (Å²) in [6.45, 7) is 0.885. The molecule has 9 heteroatoms. The van der Waals surface area contributed by atoms with Crippen molar-refractivity contribution in [2.75, 3.05) is 6.61 Å². The smallest absolute Gasteiger partial charge is 0.344 e. The molecule has 4 amide bonds. The van der Waals surface area contributed by atoms with E-state index in [1.807, 2.05) is 30.3 Å². The number of hydrazine groups is 1. The molecule has 2 aromatic rings. The van der Waals surface area contributed by atoms with Gasteiger partial charge in [-0.05, 0) is 43.5 Å². The van der Waals surface area contributed by atoms with Gasteiger partial charge in [0, 0.05) is 0 Å². The third-order valence-electron chi connectivity index (χ3n) is 4.67. The highest BCUT2D eigenvalue weighted by molar-refractivity contribution is 6.07. The molecule has 0 aromatic heterocycles. The Morgan fingerprint density at radius 3 is 2.57 bits per heavy atom. The first-order chi connectivity index (χ1) is 14.3. The van der Waals surface area contributed by atoms with Gasteiger partial charge >= 0.3 is 12.0 Å². The van der Waals surface area contributed by atoms with Crippen molar-refractivity contribution in [2.45, 2.75) is 25.3 Å². The van der Waals surface area contributed by atoms with Gasteiger partial charge in [-0.2, -0.15) is 5.01 Å². The van der Waals surface area contributed by atoms with Crippen LogP contribution in [0.3, 0.4) is 0 Å². The van der Waals surface area contributed by atoms with E-state index in [2.05, 4.69) is 10.7 Å². The molecule has 3 rings (SSSR count). The van der Waals surface area contributed by atoms with Crippen molar-refractivity contribution in [3.05, 3.63) is 65.7 Å². The highest BCUT2D eigenvalue weighted by Crippen LogP contribution is 2.22. The zero-order chi connectivity index (χ0) is 21.7. The monoisotopic (exact) mass is 411 g/mol. The number of carbonyl (C=O) groups is 4. The van der Waals surface area contributed by atoms with E-state index >= 15 is 0 Å². The molecule has 9 nitrogen and oxygen atoms in total. The van der Waals surface area contributed by atoms with E-state index in [9.17, 15) is 24.3 Å². The van der Waals surface area contributed by atoms with Crippen molar-refractivity contribution >= 4 is 23.8 Å². The Hall–Kier alpha value is -3.88. The molecule has 156 valence electrons. The minimum absolute atomic E-state index is 0.0614. The lowest BCUT2D eigenvalue weighted by Gasteiger charge is -2.21. The van der Waals surface area contributed by atoms with Crippen LogP contribution in [0.2, 0.25) is 0 Å². The molecular weight excluding hydrogens is 390 g/mol. The molecule has 1 atom stereocenters. The highest BCUT2D eigenvalue weighted by Gasteiger charge is 2.48. The molecule has 3 N–H and O–H groups in total. The number of amides is 4. The molecule has 2 aromatic carbocycles.